The van der Waals surface area contributed by atoms with Gasteiger partial charge in [-0.1, -0.05) is 0 Å². The topological polar surface area (TPSA) is 87.3 Å². The standard InChI is InChI=1S/C16H18F3N3O3S/c1-8(2)21-14(24)7-20-13(23)6-12-15(25)22-10-5-9(16(17,18)19)3-4-11(10)26-12/h3-5,8,12H,6-7H2,1-2H3,(H,20,23)(H,21,24)(H,22,25)/t12-/m0/s1. The molecule has 3 N–H and O–H groups in total. The number of alkyl halides is 3. The zero-order valence-corrected chi connectivity index (χ0v) is 14.9. The lowest BCUT2D eigenvalue weighted by atomic mass is 10.1. The molecule has 2 rings (SSSR count). The molecule has 1 aliphatic rings. The number of hydrogen-bond acceptors (Lipinski definition) is 4. The van der Waals surface area contributed by atoms with Crippen molar-refractivity contribution in [1.29, 1.82) is 0 Å². The van der Waals surface area contributed by atoms with Crippen molar-refractivity contribution >= 4 is 35.2 Å². The molecule has 1 heterocycles. The summed E-state index contributed by atoms with van der Waals surface area (Å²) >= 11 is 1.02. The van der Waals surface area contributed by atoms with Gasteiger partial charge >= 0.3 is 6.18 Å². The molecule has 0 unspecified atom stereocenters. The highest BCUT2D eigenvalue weighted by molar-refractivity contribution is 8.01. The van der Waals surface area contributed by atoms with E-state index in [1.54, 1.807) is 13.8 Å². The van der Waals surface area contributed by atoms with E-state index in [0.29, 0.717) is 4.90 Å². The summed E-state index contributed by atoms with van der Waals surface area (Å²) in [4.78, 5) is 35.9. The smallest absolute Gasteiger partial charge is 0.352 e. The monoisotopic (exact) mass is 389 g/mol. The van der Waals surface area contributed by atoms with Gasteiger partial charge in [-0.05, 0) is 32.0 Å². The van der Waals surface area contributed by atoms with Crippen LogP contribution in [0.3, 0.4) is 0 Å². The number of rotatable bonds is 5. The maximum atomic E-state index is 12.7. The molecule has 1 aromatic rings. The van der Waals surface area contributed by atoms with Gasteiger partial charge in [0.05, 0.1) is 23.0 Å². The van der Waals surface area contributed by atoms with E-state index in [4.69, 9.17) is 0 Å². The molecule has 0 spiro atoms. The summed E-state index contributed by atoms with van der Waals surface area (Å²) in [5.74, 6) is -1.39. The molecular formula is C16H18F3N3O3S. The predicted octanol–water partition coefficient (Wildman–Crippen LogP) is 2.15. The van der Waals surface area contributed by atoms with Gasteiger partial charge in [0, 0.05) is 17.4 Å². The van der Waals surface area contributed by atoms with Crippen molar-refractivity contribution in [2.75, 3.05) is 11.9 Å². The van der Waals surface area contributed by atoms with Crippen molar-refractivity contribution in [2.24, 2.45) is 0 Å². The number of amides is 3. The Kier molecular flexibility index (Phi) is 6.17. The number of thioether (sulfide) groups is 1. The zero-order valence-electron chi connectivity index (χ0n) is 14.1. The van der Waals surface area contributed by atoms with E-state index in [1.807, 2.05) is 0 Å². The summed E-state index contributed by atoms with van der Waals surface area (Å²) in [6.45, 7) is 3.36. The van der Waals surface area contributed by atoms with Crippen LogP contribution in [0.2, 0.25) is 0 Å². The first-order valence-corrected chi connectivity index (χ1v) is 8.69. The van der Waals surface area contributed by atoms with Gasteiger partial charge in [0.2, 0.25) is 17.7 Å². The number of halogens is 3. The van der Waals surface area contributed by atoms with Crippen molar-refractivity contribution < 1.29 is 27.6 Å². The van der Waals surface area contributed by atoms with Crippen LogP contribution in [0.15, 0.2) is 23.1 Å². The van der Waals surface area contributed by atoms with Gasteiger partial charge in [0.25, 0.3) is 0 Å². The number of benzene rings is 1. The van der Waals surface area contributed by atoms with Crippen LogP contribution < -0.4 is 16.0 Å². The first-order chi connectivity index (χ1) is 12.1. The van der Waals surface area contributed by atoms with Crippen LogP contribution in [0.1, 0.15) is 25.8 Å². The Morgan fingerprint density at radius 1 is 1.27 bits per heavy atom. The molecule has 1 atom stereocenters. The number of fused-ring (bicyclic) bond motifs is 1. The second kappa shape index (κ2) is 7.98. The second-order valence-electron chi connectivity index (χ2n) is 6.01. The summed E-state index contributed by atoms with van der Waals surface area (Å²) in [6.07, 6.45) is -4.69. The molecule has 0 saturated heterocycles. The third-order valence-electron chi connectivity index (χ3n) is 3.39. The Morgan fingerprint density at radius 2 is 1.96 bits per heavy atom. The highest BCUT2D eigenvalue weighted by Gasteiger charge is 2.34. The lowest BCUT2D eigenvalue weighted by Gasteiger charge is -2.24. The number of carbonyl (C=O) groups is 3. The SMILES string of the molecule is CC(C)NC(=O)CNC(=O)C[C@@H]1Sc2ccc(C(F)(F)F)cc2NC1=O. The number of nitrogens with one attached hydrogen (secondary N) is 3. The highest BCUT2D eigenvalue weighted by Crippen LogP contribution is 2.40. The lowest BCUT2D eigenvalue weighted by Crippen LogP contribution is -2.41. The van der Waals surface area contributed by atoms with Crippen LogP contribution in [0.25, 0.3) is 0 Å². The molecule has 1 aliphatic heterocycles. The fraction of sp³-hybridized carbons (Fsp3) is 0.438. The molecule has 0 saturated carbocycles. The molecule has 142 valence electrons. The minimum absolute atomic E-state index is 0.0582. The van der Waals surface area contributed by atoms with E-state index in [1.165, 1.54) is 6.07 Å². The van der Waals surface area contributed by atoms with E-state index in [0.717, 1.165) is 23.9 Å². The molecule has 0 fully saturated rings. The first kappa shape index (κ1) is 20.1. The average Bonchev–Trinajstić information content (AvgIpc) is 2.51. The average molecular weight is 389 g/mol. The molecule has 1 aromatic carbocycles. The second-order valence-corrected chi connectivity index (χ2v) is 7.25. The van der Waals surface area contributed by atoms with E-state index >= 15 is 0 Å². The predicted molar refractivity (Wildman–Crippen MR) is 90.6 cm³/mol. The lowest BCUT2D eigenvalue weighted by molar-refractivity contribution is -0.137. The Bertz CT molecular complexity index is 722. The largest absolute Gasteiger partial charge is 0.416 e. The van der Waals surface area contributed by atoms with Crippen molar-refractivity contribution in [2.45, 2.75) is 42.6 Å². The van der Waals surface area contributed by atoms with E-state index in [9.17, 15) is 27.6 Å². The summed E-state index contributed by atoms with van der Waals surface area (Å²) < 4.78 is 38.2. The van der Waals surface area contributed by atoms with Crippen LogP contribution in [-0.4, -0.2) is 35.6 Å². The van der Waals surface area contributed by atoms with Crippen molar-refractivity contribution in [3.05, 3.63) is 23.8 Å². The number of carbonyl (C=O) groups excluding carboxylic acids is 3. The molecule has 0 aromatic heterocycles. The van der Waals surface area contributed by atoms with Gasteiger partial charge < -0.3 is 16.0 Å². The van der Waals surface area contributed by atoms with Gasteiger partial charge in [0.15, 0.2) is 0 Å². The van der Waals surface area contributed by atoms with Gasteiger partial charge in [-0.2, -0.15) is 13.2 Å². The molecule has 0 radical (unpaired) electrons. The minimum Gasteiger partial charge on any atom is -0.352 e. The van der Waals surface area contributed by atoms with Crippen LogP contribution >= 0.6 is 11.8 Å². The maximum Gasteiger partial charge on any atom is 0.416 e. The van der Waals surface area contributed by atoms with Crippen molar-refractivity contribution in [3.63, 3.8) is 0 Å². The fourth-order valence-corrected chi connectivity index (χ4v) is 3.34. The van der Waals surface area contributed by atoms with Crippen LogP contribution in [0, 0.1) is 0 Å². The number of anilines is 1. The molecule has 0 aliphatic carbocycles. The normalized spacial score (nSPS) is 16.7. The third kappa shape index (κ3) is 5.38. The summed E-state index contributed by atoms with van der Waals surface area (Å²) in [6, 6.07) is 3.00. The number of hydrogen-bond donors (Lipinski definition) is 3. The van der Waals surface area contributed by atoms with Crippen LogP contribution in [-0.2, 0) is 20.6 Å². The van der Waals surface area contributed by atoms with E-state index < -0.39 is 28.8 Å². The quantitative estimate of drug-likeness (QED) is 0.720. The first-order valence-electron chi connectivity index (χ1n) is 7.81. The van der Waals surface area contributed by atoms with Gasteiger partial charge in [-0.15, -0.1) is 11.8 Å². The summed E-state index contributed by atoms with van der Waals surface area (Å²) in [7, 11) is 0. The molecule has 6 nitrogen and oxygen atoms in total. The Hall–Kier alpha value is -2.23. The van der Waals surface area contributed by atoms with E-state index in [-0.39, 0.29) is 30.6 Å². The molecular weight excluding hydrogens is 371 g/mol. The summed E-state index contributed by atoms with van der Waals surface area (Å²) in [5, 5.41) is 6.64. The Morgan fingerprint density at radius 3 is 2.58 bits per heavy atom. The fourth-order valence-electron chi connectivity index (χ4n) is 2.25. The van der Waals surface area contributed by atoms with Crippen LogP contribution in [0.4, 0.5) is 18.9 Å². The molecule has 26 heavy (non-hydrogen) atoms. The summed E-state index contributed by atoms with van der Waals surface area (Å²) in [5.41, 5.74) is -0.785. The zero-order chi connectivity index (χ0) is 19.5. The third-order valence-corrected chi connectivity index (χ3v) is 4.67. The van der Waals surface area contributed by atoms with Gasteiger partial charge in [0.1, 0.15) is 0 Å². The minimum atomic E-state index is -4.50. The van der Waals surface area contributed by atoms with E-state index in [2.05, 4.69) is 16.0 Å². The van der Waals surface area contributed by atoms with Crippen LogP contribution in [0.5, 0.6) is 0 Å². The Labute approximate surface area is 152 Å². The Balaban J connectivity index is 1.96. The van der Waals surface area contributed by atoms with Crippen molar-refractivity contribution in [3.8, 4) is 0 Å². The van der Waals surface area contributed by atoms with Crippen molar-refractivity contribution in [1.82, 2.24) is 10.6 Å². The maximum absolute atomic E-state index is 12.7. The molecule has 10 heteroatoms. The molecule has 3 amide bonds. The molecule has 0 bridgehead atoms. The van der Waals surface area contributed by atoms with Gasteiger partial charge in [-0.3, -0.25) is 14.4 Å². The van der Waals surface area contributed by atoms with Gasteiger partial charge in [-0.25, -0.2) is 0 Å². The highest BCUT2D eigenvalue weighted by atomic mass is 32.2.